The maximum absolute atomic E-state index is 6.40. The van der Waals surface area contributed by atoms with Crippen LogP contribution in [0.5, 0.6) is 5.75 Å². The molecule has 0 atom stereocenters. The van der Waals surface area contributed by atoms with E-state index in [1.807, 2.05) is 18.2 Å². The Morgan fingerprint density at radius 2 is 1.32 bits per heavy atom. The summed E-state index contributed by atoms with van der Waals surface area (Å²) in [5.74, 6) is 1.00. The van der Waals surface area contributed by atoms with Crippen LogP contribution in [-0.2, 0) is 0 Å². The zero-order valence-corrected chi connectivity index (χ0v) is 14.9. The summed E-state index contributed by atoms with van der Waals surface area (Å²) < 4.78 is 6.40. The highest BCUT2D eigenvalue weighted by atomic mass is 28.4. The molecule has 0 aliphatic rings. The second-order valence-corrected chi connectivity index (χ2v) is 10.4. The highest BCUT2D eigenvalue weighted by Gasteiger charge is 2.30. The number of hydrogen-bond donors (Lipinski definition) is 0. The van der Waals surface area contributed by atoms with Crippen molar-refractivity contribution in [3.8, 4) is 5.75 Å². The molecule has 0 aliphatic heterocycles. The number of benzene rings is 2. The lowest BCUT2D eigenvalue weighted by molar-refractivity contribution is 0.532. The molecule has 2 aromatic rings. The van der Waals surface area contributed by atoms with Crippen molar-refractivity contribution in [2.45, 2.75) is 38.9 Å². The van der Waals surface area contributed by atoms with Crippen LogP contribution in [0.2, 0.25) is 18.1 Å². The zero-order valence-electron chi connectivity index (χ0n) is 13.9. The van der Waals surface area contributed by atoms with Crippen molar-refractivity contribution in [1.82, 2.24) is 0 Å². The van der Waals surface area contributed by atoms with Crippen molar-refractivity contribution in [2.24, 2.45) is 0 Å². The van der Waals surface area contributed by atoms with Crippen LogP contribution in [-0.4, -0.2) is 8.32 Å². The average Bonchev–Trinajstić information content (AvgIpc) is 2.60. The van der Waals surface area contributed by atoms with Gasteiger partial charge in [0.1, 0.15) is 5.75 Å². The second-order valence-electron chi connectivity index (χ2n) is 5.71. The Balaban J connectivity index is 2.15. The van der Waals surface area contributed by atoms with Crippen LogP contribution in [0.4, 0.5) is 0 Å². The molecule has 0 heterocycles. The van der Waals surface area contributed by atoms with Crippen LogP contribution in [0.15, 0.2) is 61.2 Å². The predicted molar refractivity (Wildman–Crippen MR) is 98.8 cm³/mol. The smallest absolute Gasteiger partial charge is 0.250 e. The fourth-order valence-corrected chi connectivity index (χ4v) is 5.32. The van der Waals surface area contributed by atoms with Crippen molar-refractivity contribution < 1.29 is 4.43 Å². The Morgan fingerprint density at radius 1 is 0.818 bits per heavy atom. The Bertz CT molecular complexity index is 589. The van der Waals surface area contributed by atoms with Gasteiger partial charge in [0.05, 0.1) is 0 Å². The molecule has 1 nitrogen and oxygen atoms in total. The molecule has 2 aromatic carbocycles. The van der Waals surface area contributed by atoms with Crippen molar-refractivity contribution >= 4 is 13.9 Å². The molecule has 0 aliphatic carbocycles. The third kappa shape index (κ3) is 3.69. The first-order chi connectivity index (χ1) is 10.6. The van der Waals surface area contributed by atoms with E-state index in [1.54, 1.807) is 0 Å². The molecule has 0 amide bonds. The summed E-state index contributed by atoms with van der Waals surface area (Å²) in [6.07, 6.45) is 0. The van der Waals surface area contributed by atoms with E-state index in [1.165, 1.54) is 18.1 Å². The molecule has 0 saturated carbocycles. The molecule has 0 fully saturated rings. The minimum absolute atomic E-state index is 1.00. The van der Waals surface area contributed by atoms with E-state index in [4.69, 9.17) is 4.43 Å². The molecule has 0 saturated heterocycles. The van der Waals surface area contributed by atoms with Gasteiger partial charge in [-0.1, -0.05) is 69.8 Å². The lowest BCUT2D eigenvalue weighted by Gasteiger charge is -2.29. The Hall–Kier alpha value is -1.80. The van der Waals surface area contributed by atoms with E-state index in [2.05, 4.69) is 63.7 Å². The van der Waals surface area contributed by atoms with E-state index in [0.29, 0.717) is 0 Å². The van der Waals surface area contributed by atoms with Gasteiger partial charge in [0.2, 0.25) is 8.32 Å². The van der Waals surface area contributed by atoms with E-state index >= 15 is 0 Å². The van der Waals surface area contributed by atoms with Crippen molar-refractivity contribution in [3.63, 3.8) is 0 Å². The largest absolute Gasteiger partial charge is 0.544 e. The van der Waals surface area contributed by atoms with Crippen LogP contribution >= 0.6 is 0 Å². The van der Waals surface area contributed by atoms with Gasteiger partial charge in [-0.25, -0.2) is 0 Å². The number of hydrogen-bond acceptors (Lipinski definition) is 1. The van der Waals surface area contributed by atoms with E-state index in [9.17, 15) is 0 Å². The second kappa shape index (κ2) is 7.46. The molecule has 0 aromatic heterocycles. The normalized spacial score (nSPS) is 11.2. The summed E-state index contributed by atoms with van der Waals surface area (Å²) in [6, 6.07) is 22.2. The van der Waals surface area contributed by atoms with Gasteiger partial charge in [-0.3, -0.25) is 0 Å². The first-order valence-corrected chi connectivity index (χ1v) is 10.7. The van der Waals surface area contributed by atoms with Gasteiger partial charge >= 0.3 is 0 Å². The Labute approximate surface area is 135 Å². The Kier molecular flexibility index (Phi) is 5.61. The van der Waals surface area contributed by atoms with Crippen LogP contribution in [0.3, 0.4) is 0 Å². The molecule has 2 rings (SSSR count). The Morgan fingerprint density at radius 3 is 1.82 bits per heavy atom. The van der Waals surface area contributed by atoms with Crippen molar-refractivity contribution in [1.29, 1.82) is 0 Å². The van der Waals surface area contributed by atoms with E-state index in [0.717, 1.165) is 22.4 Å². The van der Waals surface area contributed by atoms with E-state index in [-0.39, 0.29) is 0 Å². The third-order valence-electron chi connectivity index (χ3n) is 4.59. The fourth-order valence-electron chi connectivity index (χ4n) is 2.75. The predicted octanol–water partition coefficient (Wildman–Crippen LogP) is 6.13. The maximum atomic E-state index is 6.40. The quantitative estimate of drug-likeness (QED) is 0.559. The van der Waals surface area contributed by atoms with Gasteiger partial charge < -0.3 is 4.43 Å². The summed E-state index contributed by atoms with van der Waals surface area (Å²) in [5, 5.41) is 0. The zero-order chi connectivity index (χ0) is 16.0. The average molecular weight is 311 g/mol. The van der Waals surface area contributed by atoms with Crippen LogP contribution in [0, 0.1) is 0 Å². The molecule has 0 N–H and O–H groups in total. The molecule has 0 spiro atoms. The fraction of sp³-hybridized carbons (Fsp3) is 0.300. The number of rotatable bonds is 7. The van der Waals surface area contributed by atoms with Gasteiger partial charge in [0.15, 0.2) is 0 Å². The standard InChI is InChI=1S/C20H26OSi/c1-5-22(6-2,7-3)21-20-15-13-19(14-16-20)17(4)18-11-9-8-10-12-18/h8-16H,4-7H2,1-3H3. The topological polar surface area (TPSA) is 9.23 Å². The van der Waals surface area contributed by atoms with Gasteiger partial charge in [-0.05, 0) is 47.0 Å². The first kappa shape index (κ1) is 16.6. The molecule has 0 unspecified atom stereocenters. The van der Waals surface area contributed by atoms with Crippen molar-refractivity contribution in [2.75, 3.05) is 0 Å². The van der Waals surface area contributed by atoms with Gasteiger partial charge in [0, 0.05) is 0 Å². The third-order valence-corrected chi connectivity index (χ3v) is 9.13. The summed E-state index contributed by atoms with van der Waals surface area (Å²) in [6.45, 7) is 11.0. The summed E-state index contributed by atoms with van der Waals surface area (Å²) in [5.41, 5.74) is 3.36. The minimum atomic E-state index is -1.59. The summed E-state index contributed by atoms with van der Waals surface area (Å²) >= 11 is 0. The van der Waals surface area contributed by atoms with Crippen LogP contribution < -0.4 is 4.43 Å². The lowest BCUT2D eigenvalue weighted by Crippen LogP contribution is -2.39. The van der Waals surface area contributed by atoms with Gasteiger partial charge in [0.25, 0.3) is 0 Å². The van der Waals surface area contributed by atoms with Gasteiger partial charge in [-0.2, -0.15) is 0 Å². The maximum Gasteiger partial charge on any atom is 0.250 e. The highest BCUT2D eigenvalue weighted by Crippen LogP contribution is 2.28. The van der Waals surface area contributed by atoms with Gasteiger partial charge in [-0.15, -0.1) is 0 Å². The summed E-state index contributed by atoms with van der Waals surface area (Å²) in [7, 11) is -1.59. The molecule has 22 heavy (non-hydrogen) atoms. The SMILES string of the molecule is C=C(c1ccccc1)c1ccc(O[Si](CC)(CC)CC)cc1. The van der Waals surface area contributed by atoms with Crippen molar-refractivity contribution in [3.05, 3.63) is 72.3 Å². The molecule has 0 radical (unpaired) electrons. The van der Waals surface area contributed by atoms with Crippen LogP contribution in [0.25, 0.3) is 5.57 Å². The van der Waals surface area contributed by atoms with Crippen LogP contribution in [0.1, 0.15) is 31.9 Å². The first-order valence-electron chi connectivity index (χ1n) is 8.18. The molecular weight excluding hydrogens is 284 g/mol. The molecular formula is C20H26OSi. The highest BCUT2D eigenvalue weighted by molar-refractivity contribution is 6.74. The monoisotopic (exact) mass is 310 g/mol. The lowest BCUT2D eigenvalue weighted by atomic mass is 10.00. The minimum Gasteiger partial charge on any atom is -0.544 e. The molecule has 0 bridgehead atoms. The summed E-state index contributed by atoms with van der Waals surface area (Å²) in [4.78, 5) is 0. The molecule has 2 heteroatoms. The molecule has 116 valence electrons. The van der Waals surface area contributed by atoms with E-state index < -0.39 is 8.32 Å².